The highest BCUT2D eigenvalue weighted by atomic mass is 32.2. The Morgan fingerprint density at radius 3 is 2.62 bits per heavy atom. The summed E-state index contributed by atoms with van der Waals surface area (Å²) < 4.78 is 26.4. The molecule has 1 aromatic carbocycles. The van der Waals surface area contributed by atoms with E-state index < -0.39 is 11.6 Å². The number of nitrogens with two attached hydrogens (primary N) is 1. The number of benzene rings is 1. The highest BCUT2D eigenvalue weighted by Gasteiger charge is 2.13. The van der Waals surface area contributed by atoms with Gasteiger partial charge in [0.05, 0.1) is 4.90 Å². The summed E-state index contributed by atoms with van der Waals surface area (Å²) in [6.07, 6.45) is 1.58. The molecule has 1 aromatic heterocycles. The normalized spacial score (nSPS) is 10.4. The number of hydrogen-bond donors (Lipinski definition) is 1. The van der Waals surface area contributed by atoms with Gasteiger partial charge in [0, 0.05) is 11.9 Å². The molecule has 0 aliphatic rings. The number of rotatable bonds is 2. The van der Waals surface area contributed by atoms with Crippen molar-refractivity contribution in [3.05, 3.63) is 48.2 Å². The summed E-state index contributed by atoms with van der Waals surface area (Å²) in [5, 5.41) is 0.568. The van der Waals surface area contributed by atoms with E-state index in [1.54, 1.807) is 24.4 Å². The molecule has 0 radical (unpaired) electrons. The molecular weight excluding hydrogens is 230 g/mol. The lowest BCUT2D eigenvalue weighted by atomic mass is 10.3. The fraction of sp³-hybridized carbons (Fsp3) is 0. The first-order valence-electron chi connectivity index (χ1n) is 4.51. The lowest BCUT2D eigenvalue weighted by Crippen LogP contribution is -1.95. The summed E-state index contributed by atoms with van der Waals surface area (Å²) in [6.45, 7) is 0. The largest absolute Gasteiger partial charge is 0.398 e. The van der Waals surface area contributed by atoms with E-state index in [1.165, 1.54) is 6.07 Å². The highest BCUT2D eigenvalue weighted by molar-refractivity contribution is 7.99. The second-order valence-corrected chi connectivity index (χ2v) is 4.08. The Balaban J connectivity index is 2.38. The zero-order valence-corrected chi connectivity index (χ0v) is 8.97. The number of nitrogen functional groups attached to an aromatic ring is 1. The fourth-order valence-electron chi connectivity index (χ4n) is 1.16. The number of halogens is 2. The number of anilines is 1. The third-order valence-electron chi connectivity index (χ3n) is 1.92. The molecule has 0 aliphatic carbocycles. The molecule has 0 bridgehead atoms. The number of pyridine rings is 1. The van der Waals surface area contributed by atoms with Gasteiger partial charge in [-0.05, 0) is 24.3 Å². The summed E-state index contributed by atoms with van der Waals surface area (Å²) in [4.78, 5) is 4.07. The molecule has 1 heterocycles. The zero-order chi connectivity index (χ0) is 11.5. The average molecular weight is 238 g/mol. The van der Waals surface area contributed by atoms with Crippen LogP contribution in [0.4, 0.5) is 14.5 Å². The maximum Gasteiger partial charge on any atom is 0.174 e. The zero-order valence-electron chi connectivity index (χ0n) is 8.15. The number of nitrogens with zero attached hydrogens (tertiary/aromatic N) is 1. The number of hydrogen-bond acceptors (Lipinski definition) is 3. The van der Waals surface area contributed by atoms with Crippen LogP contribution in [0.1, 0.15) is 0 Å². The lowest BCUT2D eigenvalue weighted by molar-refractivity contribution is 0.492. The van der Waals surface area contributed by atoms with Gasteiger partial charge >= 0.3 is 0 Å². The van der Waals surface area contributed by atoms with Crippen molar-refractivity contribution in [3.8, 4) is 0 Å². The first kappa shape index (κ1) is 10.9. The molecule has 0 fully saturated rings. The van der Waals surface area contributed by atoms with Gasteiger partial charge in [-0.3, -0.25) is 0 Å². The van der Waals surface area contributed by atoms with Crippen LogP contribution in [0, 0.1) is 11.6 Å². The van der Waals surface area contributed by atoms with Gasteiger partial charge in [-0.25, -0.2) is 13.8 Å². The molecule has 2 N–H and O–H groups in total. The predicted molar refractivity (Wildman–Crippen MR) is 59.1 cm³/mol. The van der Waals surface area contributed by atoms with Crippen molar-refractivity contribution in [2.45, 2.75) is 9.92 Å². The first-order chi connectivity index (χ1) is 7.68. The Morgan fingerprint density at radius 1 is 1.12 bits per heavy atom. The highest BCUT2D eigenvalue weighted by Crippen LogP contribution is 2.33. The predicted octanol–water partition coefficient (Wildman–Crippen LogP) is 3.09. The molecule has 2 nitrogen and oxygen atoms in total. The minimum absolute atomic E-state index is 0.0682. The Hall–Kier alpha value is -1.62. The van der Waals surface area contributed by atoms with Crippen LogP contribution >= 0.6 is 11.8 Å². The molecule has 0 saturated carbocycles. The van der Waals surface area contributed by atoms with Gasteiger partial charge < -0.3 is 5.73 Å². The second kappa shape index (κ2) is 4.49. The van der Waals surface area contributed by atoms with Crippen LogP contribution < -0.4 is 5.73 Å². The maximum atomic E-state index is 13.4. The van der Waals surface area contributed by atoms with Crippen LogP contribution in [-0.2, 0) is 0 Å². The molecular formula is C11H8F2N2S. The topological polar surface area (TPSA) is 38.9 Å². The average Bonchev–Trinajstić information content (AvgIpc) is 2.31. The third kappa shape index (κ3) is 2.14. The van der Waals surface area contributed by atoms with Gasteiger partial charge in [0.2, 0.25) is 0 Å². The molecule has 16 heavy (non-hydrogen) atoms. The van der Waals surface area contributed by atoms with Gasteiger partial charge in [0.25, 0.3) is 0 Å². The van der Waals surface area contributed by atoms with Gasteiger partial charge in [0.1, 0.15) is 5.03 Å². The smallest absolute Gasteiger partial charge is 0.174 e. The summed E-state index contributed by atoms with van der Waals surface area (Å²) >= 11 is 1.00. The fourth-order valence-corrected chi connectivity index (χ4v) is 2.01. The minimum atomic E-state index is -0.935. The summed E-state index contributed by atoms with van der Waals surface area (Å²) in [6, 6.07) is 7.56. The van der Waals surface area contributed by atoms with E-state index in [4.69, 9.17) is 5.73 Å². The Kier molecular flexibility index (Phi) is 3.05. The Bertz CT molecular complexity index is 503. The molecule has 2 rings (SSSR count). The molecule has 0 atom stereocenters. The SMILES string of the molecule is Nc1ccc(F)c(F)c1Sc1ccccn1. The lowest BCUT2D eigenvalue weighted by Gasteiger charge is -2.06. The van der Waals surface area contributed by atoms with Crippen molar-refractivity contribution in [2.75, 3.05) is 5.73 Å². The van der Waals surface area contributed by atoms with Crippen molar-refractivity contribution in [1.29, 1.82) is 0 Å². The molecule has 0 unspecified atom stereocenters. The summed E-state index contributed by atoms with van der Waals surface area (Å²) in [5.41, 5.74) is 5.79. The molecule has 0 saturated heterocycles. The van der Waals surface area contributed by atoms with Crippen molar-refractivity contribution < 1.29 is 8.78 Å². The van der Waals surface area contributed by atoms with Crippen molar-refractivity contribution in [3.63, 3.8) is 0 Å². The third-order valence-corrected chi connectivity index (χ3v) is 2.99. The van der Waals surface area contributed by atoms with Crippen molar-refractivity contribution in [2.24, 2.45) is 0 Å². The molecule has 0 spiro atoms. The van der Waals surface area contributed by atoms with Crippen LogP contribution in [0.2, 0.25) is 0 Å². The summed E-state index contributed by atoms with van der Waals surface area (Å²) in [7, 11) is 0. The van der Waals surface area contributed by atoms with Crippen molar-refractivity contribution >= 4 is 17.4 Å². The maximum absolute atomic E-state index is 13.4. The first-order valence-corrected chi connectivity index (χ1v) is 5.32. The molecule has 2 aromatic rings. The minimum Gasteiger partial charge on any atom is -0.398 e. The molecule has 5 heteroatoms. The van der Waals surface area contributed by atoms with E-state index >= 15 is 0 Å². The van der Waals surface area contributed by atoms with E-state index in [0.29, 0.717) is 5.03 Å². The van der Waals surface area contributed by atoms with Crippen LogP contribution in [0.3, 0.4) is 0 Å². The van der Waals surface area contributed by atoms with E-state index in [9.17, 15) is 8.78 Å². The molecule has 0 aliphatic heterocycles. The van der Waals surface area contributed by atoms with Gasteiger partial charge in [0.15, 0.2) is 11.6 Å². The monoisotopic (exact) mass is 238 g/mol. The van der Waals surface area contributed by atoms with Crippen LogP contribution in [0.5, 0.6) is 0 Å². The van der Waals surface area contributed by atoms with Crippen molar-refractivity contribution in [1.82, 2.24) is 4.98 Å². The summed E-state index contributed by atoms with van der Waals surface area (Å²) in [5.74, 6) is -1.84. The van der Waals surface area contributed by atoms with Crippen LogP contribution in [0.25, 0.3) is 0 Å². The van der Waals surface area contributed by atoms with Gasteiger partial charge in [-0.2, -0.15) is 0 Å². The van der Waals surface area contributed by atoms with E-state index in [1.807, 2.05) is 0 Å². The Morgan fingerprint density at radius 2 is 1.94 bits per heavy atom. The van der Waals surface area contributed by atoms with Crippen LogP contribution in [-0.4, -0.2) is 4.98 Å². The van der Waals surface area contributed by atoms with Gasteiger partial charge in [-0.15, -0.1) is 0 Å². The molecule has 82 valence electrons. The number of aromatic nitrogens is 1. The Labute approximate surface area is 95.5 Å². The quantitative estimate of drug-likeness (QED) is 0.817. The molecule has 0 amide bonds. The van der Waals surface area contributed by atoms with Gasteiger partial charge in [-0.1, -0.05) is 17.8 Å². The van der Waals surface area contributed by atoms with E-state index in [2.05, 4.69) is 4.98 Å². The standard InChI is InChI=1S/C11H8F2N2S/c12-7-4-5-8(14)11(10(7)13)16-9-3-1-2-6-15-9/h1-6H,14H2. The second-order valence-electron chi connectivity index (χ2n) is 3.05. The van der Waals surface area contributed by atoms with Crippen LogP contribution in [0.15, 0.2) is 46.5 Å². The van der Waals surface area contributed by atoms with E-state index in [0.717, 1.165) is 17.8 Å². The van der Waals surface area contributed by atoms with E-state index in [-0.39, 0.29) is 10.6 Å².